The van der Waals surface area contributed by atoms with Gasteiger partial charge >= 0.3 is 63.2 Å². The van der Waals surface area contributed by atoms with Gasteiger partial charge in [-0.3, -0.25) is 0 Å². The number of rotatable bonds is 21. The summed E-state index contributed by atoms with van der Waals surface area (Å²) in [5.41, 5.74) is 30.4. The van der Waals surface area contributed by atoms with Crippen LogP contribution < -0.4 is 45.8 Å². The van der Waals surface area contributed by atoms with Gasteiger partial charge in [-0.2, -0.15) is 0 Å². The zero-order valence-corrected chi connectivity index (χ0v) is 92.1. The van der Waals surface area contributed by atoms with Gasteiger partial charge in [0.05, 0.1) is 48.4 Å². The van der Waals surface area contributed by atoms with E-state index < -0.39 is 48.4 Å². The van der Waals surface area contributed by atoms with E-state index in [4.69, 9.17) is 29.9 Å². The molecule has 0 atom stereocenters. The molecule has 6 heterocycles. The Hall–Kier alpha value is -9.35. The smallest absolute Gasteiger partial charge is 0.346 e. The van der Waals surface area contributed by atoms with E-state index in [1.165, 1.54) is 75.6 Å². The second kappa shape index (κ2) is 41.8. The molecule has 15 rings (SSSR count). The Morgan fingerprint density at radius 1 is 0.211 bits per heavy atom. The number of aromatic nitrogens is 6. The van der Waals surface area contributed by atoms with Crippen LogP contribution in [0.4, 0.5) is 51.2 Å². The van der Waals surface area contributed by atoms with Crippen LogP contribution in [0.3, 0.4) is 0 Å². The largest absolute Gasteiger partial charge is 2.00 e. The number of aryl methyl sites for hydroxylation is 8. The molecule has 0 radical (unpaired) electrons. The minimum absolute atomic E-state index is 0. The molecular weight excluding hydrogens is 2200 g/mol. The third-order valence-corrected chi connectivity index (χ3v) is 35.3. The summed E-state index contributed by atoms with van der Waals surface area (Å²) >= 11 is 0. The van der Waals surface area contributed by atoms with Crippen LogP contribution in [-0.4, -0.2) is 78.3 Å². The second-order valence-corrected chi connectivity index (χ2v) is 69.9. The Bertz CT molecular complexity index is 5990. The Labute approximate surface area is 814 Å². The predicted molar refractivity (Wildman–Crippen MR) is 552 cm³/mol. The van der Waals surface area contributed by atoms with Crippen LogP contribution in [0.25, 0.3) is 67.5 Å². The number of benzene rings is 9. The second-order valence-electron chi connectivity index (χ2n) is 39.5. The maximum absolute atomic E-state index is 4.93. The quantitative estimate of drug-likeness (QED) is 0.0516. The Morgan fingerprint density at radius 3 is 0.648 bits per heavy atom. The molecule has 18 heteroatoms. The molecule has 0 aliphatic heterocycles. The monoisotopic (exact) mass is 2320 g/mol. The van der Waals surface area contributed by atoms with E-state index in [9.17, 15) is 0 Å². The maximum Gasteiger partial charge on any atom is 2.00 e. The molecule has 15 aromatic rings. The number of para-hydroxylation sites is 1. The van der Waals surface area contributed by atoms with Crippen LogP contribution in [0.1, 0.15) is 44.5 Å². The third-order valence-electron chi connectivity index (χ3n) is 22.9. The van der Waals surface area contributed by atoms with Gasteiger partial charge in [0.15, 0.2) is 0 Å². The first-order chi connectivity index (χ1) is 59.0. The van der Waals surface area contributed by atoms with Crippen LogP contribution in [-0.2, 0) is 63.2 Å². The van der Waals surface area contributed by atoms with Crippen LogP contribution in [0.2, 0.25) is 118 Å². The molecule has 6 aromatic heterocycles. The van der Waals surface area contributed by atoms with Crippen molar-refractivity contribution >= 4 is 131 Å². The molecule has 0 amide bonds. The van der Waals surface area contributed by atoms with Crippen molar-refractivity contribution in [3.8, 4) is 67.5 Å². The Balaban J connectivity index is 0.000000198. The van der Waals surface area contributed by atoms with Gasteiger partial charge in [-0.15, -0.1) is 179 Å². The number of anilines is 9. The SMILES string of the molecule is C[Si](C)(C)c1ccc(-c2[c-]c(N(c3[c-]c(-c4ccc([Si](C)(C)C)cn4)ccc3)c3ccccc3)ccc2)nc1.Cc1cc(C)c(N(c2[c-]c(-c3cc(C)c([Si](C)(C)C)cn3)ccc2)c2[c-]c(-c3cc(C)c([Si](C)(C)C)cn3)ccc2)c(C)c1.Cc1cc(C)c(N(c2[c-]c(-c3ccc([Si](C)(C)C)cn3)ccc2)c2[c-]c(-c3ccc([Si](C)(C)C)cn3)ccc2)c(C)c1.[Pt+2].[Pt+2].[Pt+2]. The molecule has 9 nitrogen and oxygen atoms in total. The van der Waals surface area contributed by atoms with Crippen molar-refractivity contribution in [2.24, 2.45) is 0 Å². The van der Waals surface area contributed by atoms with Gasteiger partial charge in [0.2, 0.25) is 0 Å². The van der Waals surface area contributed by atoms with Crippen molar-refractivity contribution in [3.05, 3.63) is 343 Å². The van der Waals surface area contributed by atoms with Crippen molar-refractivity contribution in [3.63, 3.8) is 0 Å². The number of nitrogens with zero attached hydrogens (tertiary/aromatic N) is 9. The van der Waals surface area contributed by atoms with Crippen molar-refractivity contribution < 1.29 is 63.2 Å². The molecule has 0 N–H and O–H groups in total. The first-order valence-corrected chi connectivity index (χ1v) is 64.6. The fraction of sp³-hybridized carbons (Fsp3) is 0.236. The van der Waals surface area contributed by atoms with Gasteiger partial charge in [-0.1, -0.05) is 243 Å². The first kappa shape index (κ1) is 101. The molecule has 0 aliphatic rings. The van der Waals surface area contributed by atoms with Gasteiger partial charge in [0.1, 0.15) is 0 Å². The molecule has 0 bridgehead atoms. The summed E-state index contributed by atoms with van der Waals surface area (Å²) in [7, 11) is -8.62. The predicted octanol–water partition coefficient (Wildman–Crippen LogP) is 26.4. The zero-order valence-electron chi connectivity index (χ0n) is 79.3. The van der Waals surface area contributed by atoms with Crippen molar-refractivity contribution in [2.45, 2.75) is 173 Å². The Morgan fingerprint density at radius 2 is 0.438 bits per heavy atom. The van der Waals surface area contributed by atoms with Crippen molar-refractivity contribution in [1.82, 2.24) is 29.9 Å². The first-order valence-electron chi connectivity index (χ1n) is 43.6. The summed E-state index contributed by atoms with van der Waals surface area (Å²) in [6, 6.07) is 101. The van der Waals surface area contributed by atoms with E-state index in [-0.39, 0.29) is 63.2 Å². The van der Waals surface area contributed by atoms with Gasteiger partial charge < -0.3 is 44.6 Å². The van der Waals surface area contributed by atoms with E-state index in [1.807, 2.05) is 30.9 Å². The van der Waals surface area contributed by atoms with Crippen LogP contribution >= 0.6 is 0 Å². The average molecular weight is 2320 g/mol. The fourth-order valence-electron chi connectivity index (χ4n) is 16.2. The van der Waals surface area contributed by atoms with E-state index in [2.05, 4.69) is 455 Å². The van der Waals surface area contributed by atoms with Crippen molar-refractivity contribution in [2.75, 3.05) is 14.7 Å². The number of hydrogen-bond acceptors (Lipinski definition) is 9. The van der Waals surface area contributed by atoms with Gasteiger partial charge in [-0.05, 0) is 189 Å². The number of pyridine rings is 6. The molecule has 0 saturated carbocycles. The third kappa shape index (κ3) is 24.4. The number of hydrogen-bond donors (Lipinski definition) is 0. The normalized spacial score (nSPS) is 11.6. The van der Waals surface area contributed by atoms with E-state index >= 15 is 0 Å². The van der Waals surface area contributed by atoms with E-state index in [0.29, 0.717) is 0 Å². The van der Waals surface area contributed by atoms with E-state index in [0.717, 1.165) is 119 Å². The van der Waals surface area contributed by atoms with E-state index in [1.54, 1.807) is 0 Å². The van der Waals surface area contributed by atoms with Crippen LogP contribution in [0.15, 0.2) is 262 Å². The van der Waals surface area contributed by atoms with Gasteiger partial charge in [0, 0.05) is 54.2 Å². The van der Waals surface area contributed by atoms with Crippen LogP contribution in [0.5, 0.6) is 0 Å². The summed E-state index contributed by atoms with van der Waals surface area (Å²) in [5, 5.41) is 8.22. The Kier molecular flexibility index (Phi) is 32.9. The molecule has 0 fully saturated rings. The molecular formula is C110H121N9Pt3Si6. The molecule has 660 valence electrons. The minimum atomic E-state index is -1.47. The molecule has 0 spiro atoms. The molecule has 0 unspecified atom stereocenters. The average Bonchev–Trinajstić information content (AvgIpc) is 0.784. The van der Waals surface area contributed by atoms with Crippen LogP contribution in [0, 0.1) is 91.8 Å². The van der Waals surface area contributed by atoms with Gasteiger partial charge in [0.25, 0.3) is 0 Å². The summed E-state index contributed by atoms with van der Waals surface area (Å²) in [5.74, 6) is 0. The summed E-state index contributed by atoms with van der Waals surface area (Å²) < 4.78 is 0. The molecule has 0 aliphatic carbocycles. The van der Waals surface area contributed by atoms with Gasteiger partial charge in [-0.25, -0.2) is 0 Å². The molecule has 9 aromatic carbocycles. The maximum atomic E-state index is 4.93. The minimum Gasteiger partial charge on any atom is -0.346 e. The fourth-order valence-corrected chi connectivity index (χ4v) is 23.7. The molecule has 128 heavy (non-hydrogen) atoms. The zero-order chi connectivity index (χ0) is 89.8. The summed E-state index contributed by atoms with van der Waals surface area (Å²) in [4.78, 5) is 36.0. The molecule has 0 saturated heterocycles. The topological polar surface area (TPSA) is 87.1 Å². The van der Waals surface area contributed by atoms with Crippen molar-refractivity contribution in [1.29, 1.82) is 0 Å². The summed E-state index contributed by atoms with van der Waals surface area (Å²) in [6.07, 6.45) is 12.3. The summed E-state index contributed by atoms with van der Waals surface area (Å²) in [6.45, 7) is 59.8. The standard InChI is InChI=1S/C39H45N3Si2.C37H41N3Si2.C34H35N3Si2.3Pt/c1-26-18-29(4)39(30(5)19-26)42(33-16-12-14-31(22-33)35-20-27(2)37(24-40-35)43(6,7)8)34-17-13-15-32(23-34)36-21-28(3)38(25-41-36)44(9,10)11;1-26-20-27(2)37(28(3)21-26)40(31-14-10-12-29(22-31)35-18-16-33(24-38-35)41(4,5)6)32-15-11-13-30(23-32)36-19-17-34(25-39-36)42(7,8)9;1-38(2,3)31-18-20-33(35-24-31)26-12-10-16-29(22-26)37(28-14-8-7-9-15-28)30-17-11-13-27(23-30)34-21-19-32(25-36-34)39(4,5)6;;;/h12-21,24-25H,1-11H3;10-21,24-25H,1-9H3;7-21,24-25H,1-6H3;;;/q3*-2;3*+2.